The molecule has 0 bridgehead atoms. The van der Waals surface area contributed by atoms with Crippen LogP contribution in [-0.4, -0.2) is 14.8 Å². The molecule has 2 aromatic heterocycles. The Morgan fingerprint density at radius 2 is 1.94 bits per heavy atom. The van der Waals surface area contributed by atoms with E-state index in [1.54, 1.807) is 6.07 Å². The average Bonchev–Trinajstić information content (AvgIpc) is 2.73. The van der Waals surface area contributed by atoms with E-state index in [1.807, 2.05) is 41.2 Å². The van der Waals surface area contributed by atoms with Crippen LogP contribution in [0.5, 0.6) is 0 Å². The summed E-state index contributed by atoms with van der Waals surface area (Å²) in [5, 5.41) is 5.49. The summed E-state index contributed by atoms with van der Waals surface area (Å²) in [5.41, 5.74) is 7.68. The third-order valence-electron chi connectivity index (χ3n) is 2.69. The number of nitrogens with two attached hydrogens (primary N) is 1. The molecule has 4 nitrogen and oxygen atoms in total. The number of nitrogen functional groups attached to an aromatic ring is 1. The van der Waals surface area contributed by atoms with Crippen molar-refractivity contribution in [3.8, 4) is 0 Å². The highest BCUT2D eigenvalue weighted by Crippen LogP contribution is 2.14. The summed E-state index contributed by atoms with van der Waals surface area (Å²) in [5.74, 6) is 0.541. The summed E-state index contributed by atoms with van der Waals surface area (Å²) >= 11 is 0. The highest BCUT2D eigenvalue weighted by atomic mass is 15.3. The molecule has 3 rings (SSSR count). The molecule has 0 aliphatic heterocycles. The van der Waals surface area contributed by atoms with Crippen LogP contribution in [0.15, 0.2) is 48.7 Å². The zero-order valence-corrected chi connectivity index (χ0v) is 9.24. The largest absolute Gasteiger partial charge is 0.384 e. The molecule has 2 heterocycles. The molecule has 17 heavy (non-hydrogen) atoms. The van der Waals surface area contributed by atoms with Crippen LogP contribution in [0.25, 0.3) is 10.9 Å². The lowest BCUT2D eigenvalue weighted by molar-refractivity contribution is 0.697. The molecule has 0 spiro atoms. The quantitative estimate of drug-likeness (QED) is 0.724. The van der Waals surface area contributed by atoms with Crippen molar-refractivity contribution >= 4 is 16.7 Å². The Hall–Kier alpha value is -2.36. The van der Waals surface area contributed by atoms with Gasteiger partial charge in [-0.2, -0.15) is 5.10 Å². The maximum atomic E-state index is 5.66. The number of aromatic nitrogens is 3. The standard InChI is InChI=1S/C13H12N4/c14-13-7-3-5-11(16-13)9-17-12-6-2-1-4-10(12)8-15-17/h1-8H,9H2,(H2,14,16). The zero-order chi connectivity index (χ0) is 11.7. The van der Waals surface area contributed by atoms with Crippen molar-refractivity contribution in [3.05, 3.63) is 54.4 Å². The van der Waals surface area contributed by atoms with E-state index in [-0.39, 0.29) is 0 Å². The fraction of sp³-hybridized carbons (Fsp3) is 0.0769. The normalized spacial score (nSPS) is 10.8. The van der Waals surface area contributed by atoms with Crippen molar-refractivity contribution in [3.63, 3.8) is 0 Å². The number of anilines is 1. The summed E-state index contributed by atoms with van der Waals surface area (Å²) in [7, 11) is 0. The average molecular weight is 224 g/mol. The first-order valence-electron chi connectivity index (χ1n) is 5.45. The molecule has 0 radical (unpaired) electrons. The van der Waals surface area contributed by atoms with Gasteiger partial charge in [-0.1, -0.05) is 24.3 Å². The highest BCUT2D eigenvalue weighted by molar-refractivity contribution is 5.78. The van der Waals surface area contributed by atoms with Crippen LogP contribution in [0.1, 0.15) is 5.69 Å². The van der Waals surface area contributed by atoms with Gasteiger partial charge in [0.15, 0.2) is 0 Å². The molecule has 0 amide bonds. The van der Waals surface area contributed by atoms with Crippen molar-refractivity contribution in [2.24, 2.45) is 0 Å². The molecule has 0 saturated carbocycles. The maximum absolute atomic E-state index is 5.66. The molecule has 0 aliphatic carbocycles. The van der Waals surface area contributed by atoms with Gasteiger partial charge in [0.1, 0.15) is 5.82 Å². The van der Waals surface area contributed by atoms with Gasteiger partial charge in [0, 0.05) is 5.39 Å². The number of rotatable bonds is 2. The van der Waals surface area contributed by atoms with Crippen LogP contribution >= 0.6 is 0 Å². The molecule has 0 unspecified atom stereocenters. The highest BCUT2D eigenvalue weighted by Gasteiger charge is 2.03. The van der Waals surface area contributed by atoms with E-state index >= 15 is 0 Å². The molecule has 0 atom stereocenters. The van der Waals surface area contributed by atoms with E-state index in [0.29, 0.717) is 12.4 Å². The van der Waals surface area contributed by atoms with E-state index in [9.17, 15) is 0 Å². The minimum absolute atomic E-state index is 0.541. The summed E-state index contributed by atoms with van der Waals surface area (Å²) in [6, 6.07) is 13.8. The SMILES string of the molecule is Nc1cccc(Cn2ncc3ccccc32)n1. The predicted molar refractivity (Wildman–Crippen MR) is 67.5 cm³/mol. The molecule has 0 saturated heterocycles. The van der Waals surface area contributed by atoms with Gasteiger partial charge < -0.3 is 5.73 Å². The molecule has 1 aromatic carbocycles. The van der Waals surface area contributed by atoms with Gasteiger partial charge in [-0.15, -0.1) is 0 Å². The van der Waals surface area contributed by atoms with Crippen molar-refractivity contribution in [2.75, 3.05) is 5.73 Å². The van der Waals surface area contributed by atoms with Crippen molar-refractivity contribution in [1.29, 1.82) is 0 Å². The van der Waals surface area contributed by atoms with Crippen molar-refractivity contribution in [1.82, 2.24) is 14.8 Å². The van der Waals surface area contributed by atoms with E-state index in [0.717, 1.165) is 16.6 Å². The van der Waals surface area contributed by atoms with E-state index in [4.69, 9.17) is 5.73 Å². The summed E-state index contributed by atoms with van der Waals surface area (Å²) in [4.78, 5) is 4.27. The van der Waals surface area contributed by atoms with Crippen LogP contribution in [0.2, 0.25) is 0 Å². The second-order valence-electron chi connectivity index (χ2n) is 3.91. The Balaban J connectivity index is 2.00. The third-order valence-corrected chi connectivity index (χ3v) is 2.69. The Bertz CT molecular complexity index is 657. The Labute approximate surface area is 98.7 Å². The second-order valence-corrected chi connectivity index (χ2v) is 3.91. The van der Waals surface area contributed by atoms with Gasteiger partial charge in [-0.3, -0.25) is 4.68 Å². The Morgan fingerprint density at radius 3 is 2.82 bits per heavy atom. The van der Waals surface area contributed by atoms with Crippen molar-refractivity contribution < 1.29 is 0 Å². The van der Waals surface area contributed by atoms with Gasteiger partial charge in [0.05, 0.1) is 24.0 Å². The minimum Gasteiger partial charge on any atom is -0.384 e. The predicted octanol–water partition coefficient (Wildman–Crippen LogP) is 2.06. The Kier molecular flexibility index (Phi) is 2.26. The molecule has 2 N–H and O–H groups in total. The fourth-order valence-electron chi connectivity index (χ4n) is 1.89. The first kappa shape index (κ1) is 9.84. The van der Waals surface area contributed by atoms with E-state index in [2.05, 4.69) is 16.1 Å². The number of para-hydroxylation sites is 1. The van der Waals surface area contributed by atoms with Crippen LogP contribution < -0.4 is 5.73 Å². The van der Waals surface area contributed by atoms with E-state index in [1.165, 1.54) is 0 Å². The lowest BCUT2D eigenvalue weighted by atomic mass is 10.2. The number of hydrogen-bond acceptors (Lipinski definition) is 3. The van der Waals surface area contributed by atoms with Gasteiger partial charge in [-0.25, -0.2) is 4.98 Å². The molecular weight excluding hydrogens is 212 g/mol. The molecular formula is C13H12N4. The first-order valence-corrected chi connectivity index (χ1v) is 5.45. The van der Waals surface area contributed by atoms with Crippen LogP contribution in [0.4, 0.5) is 5.82 Å². The molecule has 4 heteroatoms. The summed E-state index contributed by atoms with van der Waals surface area (Å²) in [6.45, 7) is 0.637. The third kappa shape index (κ3) is 1.85. The number of hydrogen-bond donors (Lipinski definition) is 1. The smallest absolute Gasteiger partial charge is 0.123 e. The molecule has 0 fully saturated rings. The fourth-order valence-corrected chi connectivity index (χ4v) is 1.89. The first-order chi connectivity index (χ1) is 8.33. The van der Waals surface area contributed by atoms with Crippen LogP contribution in [0, 0.1) is 0 Å². The number of fused-ring (bicyclic) bond motifs is 1. The van der Waals surface area contributed by atoms with Gasteiger partial charge >= 0.3 is 0 Å². The topological polar surface area (TPSA) is 56.7 Å². The number of nitrogens with zero attached hydrogens (tertiary/aromatic N) is 3. The minimum atomic E-state index is 0.541. The van der Waals surface area contributed by atoms with Crippen LogP contribution in [0.3, 0.4) is 0 Å². The van der Waals surface area contributed by atoms with E-state index < -0.39 is 0 Å². The van der Waals surface area contributed by atoms with Gasteiger partial charge in [-0.05, 0) is 18.2 Å². The lowest BCUT2D eigenvalue weighted by Crippen LogP contribution is -2.04. The van der Waals surface area contributed by atoms with Gasteiger partial charge in [0.2, 0.25) is 0 Å². The second kappa shape index (κ2) is 3.90. The molecule has 84 valence electrons. The number of pyridine rings is 1. The van der Waals surface area contributed by atoms with Gasteiger partial charge in [0.25, 0.3) is 0 Å². The zero-order valence-electron chi connectivity index (χ0n) is 9.24. The Morgan fingerprint density at radius 1 is 1.06 bits per heavy atom. The maximum Gasteiger partial charge on any atom is 0.123 e. The summed E-state index contributed by atoms with van der Waals surface area (Å²) in [6.07, 6.45) is 1.86. The molecule has 3 aromatic rings. The monoisotopic (exact) mass is 224 g/mol. The number of benzene rings is 1. The van der Waals surface area contributed by atoms with Crippen molar-refractivity contribution in [2.45, 2.75) is 6.54 Å². The summed E-state index contributed by atoms with van der Waals surface area (Å²) < 4.78 is 1.93. The van der Waals surface area contributed by atoms with Crippen LogP contribution in [-0.2, 0) is 6.54 Å². The lowest BCUT2D eigenvalue weighted by Gasteiger charge is -2.03. The molecule has 0 aliphatic rings.